The number of benzene rings is 1. The van der Waals surface area contributed by atoms with Gasteiger partial charge in [-0.15, -0.1) is 0 Å². The van der Waals surface area contributed by atoms with Crippen molar-refractivity contribution >= 4 is 22.6 Å². The highest BCUT2D eigenvalue weighted by Gasteiger charge is 2.28. The molecule has 1 N–H and O–H groups in total. The van der Waals surface area contributed by atoms with Crippen molar-refractivity contribution in [2.24, 2.45) is 17.8 Å². The van der Waals surface area contributed by atoms with Gasteiger partial charge in [0.25, 0.3) is 0 Å². The summed E-state index contributed by atoms with van der Waals surface area (Å²) in [5.74, 6) is 2.61. The molecule has 1 fully saturated rings. The van der Waals surface area contributed by atoms with Crippen molar-refractivity contribution < 1.29 is 0 Å². The van der Waals surface area contributed by atoms with Crippen LogP contribution in [0.15, 0.2) is 24.3 Å². The fourth-order valence-electron chi connectivity index (χ4n) is 3.39. The highest BCUT2D eigenvalue weighted by Crippen LogP contribution is 2.35. The molecule has 0 spiro atoms. The summed E-state index contributed by atoms with van der Waals surface area (Å²) in [6.45, 7) is 8.12. The van der Waals surface area contributed by atoms with Gasteiger partial charge in [0.1, 0.15) is 0 Å². The molecule has 1 aromatic rings. The van der Waals surface area contributed by atoms with Crippen molar-refractivity contribution in [2.45, 2.75) is 52.5 Å². The largest absolute Gasteiger partial charge is 0.314 e. The highest BCUT2D eigenvalue weighted by atomic mass is 127. The maximum absolute atomic E-state index is 3.65. The zero-order valence-corrected chi connectivity index (χ0v) is 15.2. The Labute approximate surface area is 138 Å². The van der Waals surface area contributed by atoms with Gasteiger partial charge in [-0.05, 0) is 83.8 Å². The third-order valence-electron chi connectivity index (χ3n) is 4.60. The van der Waals surface area contributed by atoms with Crippen LogP contribution >= 0.6 is 22.6 Å². The average Bonchev–Trinajstić information content (AvgIpc) is 2.40. The van der Waals surface area contributed by atoms with Gasteiger partial charge in [-0.25, -0.2) is 0 Å². The van der Waals surface area contributed by atoms with Crippen molar-refractivity contribution in [1.82, 2.24) is 5.32 Å². The quantitative estimate of drug-likeness (QED) is 0.712. The lowest BCUT2D eigenvalue weighted by molar-refractivity contribution is 0.181. The Balaban J connectivity index is 1.98. The van der Waals surface area contributed by atoms with Crippen LogP contribution in [-0.2, 0) is 6.42 Å². The van der Waals surface area contributed by atoms with Crippen LogP contribution in [0.1, 0.15) is 45.6 Å². The maximum atomic E-state index is 3.65. The van der Waals surface area contributed by atoms with E-state index < -0.39 is 0 Å². The van der Waals surface area contributed by atoms with Crippen molar-refractivity contribution in [3.05, 3.63) is 33.4 Å². The van der Waals surface area contributed by atoms with Crippen LogP contribution in [0.25, 0.3) is 0 Å². The second-order valence-corrected chi connectivity index (χ2v) is 8.08. The molecular weight excluding hydrogens is 357 g/mol. The number of halogens is 1. The molecule has 112 valence electrons. The number of hydrogen-bond donors (Lipinski definition) is 1. The SMILES string of the molecule is CC1CCC(CNC(C)C)C(Cc2ccc(I)cc2)C1. The topological polar surface area (TPSA) is 12.0 Å². The van der Waals surface area contributed by atoms with Gasteiger partial charge >= 0.3 is 0 Å². The fraction of sp³-hybridized carbons (Fsp3) is 0.667. The standard InChI is InChI=1S/C18H28IN/c1-13(2)20-12-16-7-4-14(3)10-17(16)11-15-5-8-18(19)9-6-15/h5-6,8-9,13-14,16-17,20H,4,7,10-12H2,1-3H3. The Kier molecular flexibility index (Phi) is 6.34. The molecule has 1 aromatic carbocycles. The van der Waals surface area contributed by atoms with E-state index in [1.807, 2.05) is 0 Å². The van der Waals surface area contributed by atoms with Crippen LogP contribution in [0.4, 0.5) is 0 Å². The molecule has 1 aliphatic rings. The van der Waals surface area contributed by atoms with Crippen molar-refractivity contribution in [2.75, 3.05) is 6.54 Å². The molecule has 20 heavy (non-hydrogen) atoms. The van der Waals surface area contributed by atoms with Crippen LogP contribution in [0.5, 0.6) is 0 Å². The van der Waals surface area contributed by atoms with Gasteiger partial charge in [0.2, 0.25) is 0 Å². The lowest BCUT2D eigenvalue weighted by Crippen LogP contribution is -2.36. The Morgan fingerprint density at radius 1 is 1.15 bits per heavy atom. The van der Waals surface area contributed by atoms with Gasteiger partial charge in [0.05, 0.1) is 0 Å². The van der Waals surface area contributed by atoms with E-state index in [2.05, 4.69) is 72.9 Å². The zero-order chi connectivity index (χ0) is 14.5. The summed E-state index contributed by atoms with van der Waals surface area (Å²) < 4.78 is 1.33. The molecule has 2 rings (SSSR count). The Morgan fingerprint density at radius 3 is 2.50 bits per heavy atom. The van der Waals surface area contributed by atoms with Crippen LogP contribution in [0, 0.1) is 21.3 Å². The predicted octanol–water partition coefficient (Wildman–Crippen LogP) is 4.88. The molecule has 0 saturated heterocycles. The normalized spacial score (nSPS) is 26.9. The first-order valence-electron chi connectivity index (χ1n) is 8.02. The van der Waals surface area contributed by atoms with Crippen molar-refractivity contribution in [1.29, 1.82) is 0 Å². The molecule has 0 aromatic heterocycles. The molecule has 2 heteroatoms. The summed E-state index contributed by atoms with van der Waals surface area (Å²) in [6.07, 6.45) is 5.46. The maximum Gasteiger partial charge on any atom is 0.0130 e. The van der Waals surface area contributed by atoms with E-state index >= 15 is 0 Å². The molecule has 0 radical (unpaired) electrons. The van der Waals surface area contributed by atoms with Gasteiger partial charge in [0.15, 0.2) is 0 Å². The van der Waals surface area contributed by atoms with E-state index in [1.54, 1.807) is 0 Å². The van der Waals surface area contributed by atoms with Crippen molar-refractivity contribution in [3.63, 3.8) is 0 Å². The molecule has 0 amide bonds. The first-order valence-corrected chi connectivity index (χ1v) is 9.10. The summed E-state index contributed by atoms with van der Waals surface area (Å²) in [5, 5.41) is 3.65. The Morgan fingerprint density at radius 2 is 1.85 bits per heavy atom. The van der Waals surface area contributed by atoms with Gasteiger partial charge in [0, 0.05) is 9.61 Å². The lowest BCUT2D eigenvalue weighted by atomic mass is 9.72. The monoisotopic (exact) mass is 385 g/mol. The van der Waals surface area contributed by atoms with Crippen LogP contribution < -0.4 is 5.32 Å². The first kappa shape index (κ1) is 16.3. The van der Waals surface area contributed by atoms with E-state index in [-0.39, 0.29) is 0 Å². The van der Waals surface area contributed by atoms with E-state index in [1.165, 1.54) is 41.4 Å². The third kappa shape index (κ3) is 5.03. The average molecular weight is 385 g/mol. The van der Waals surface area contributed by atoms with Crippen LogP contribution in [-0.4, -0.2) is 12.6 Å². The minimum Gasteiger partial charge on any atom is -0.314 e. The summed E-state index contributed by atoms with van der Waals surface area (Å²) >= 11 is 2.39. The van der Waals surface area contributed by atoms with Crippen molar-refractivity contribution in [3.8, 4) is 0 Å². The fourth-order valence-corrected chi connectivity index (χ4v) is 3.75. The smallest absolute Gasteiger partial charge is 0.0130 e. The second kappa shape index (κ2) is 7.79. The Hall–Kier alpha value is -0.0900. The van der Waals surface area contributed by atoms with Crippen LogP contribution in [0.3, 0.4) is 0 Å². The van der Waals surface area contributed by atoms with E-state index in [0.717, 1.165) is 17.8 Å². The molecular formula is C18H28IN. The third-order valence-corrected chi connectivity index (χ3v) is 5.32. The second-order valence-electron chi connectivity index (χ2n) is 6.83. The molecule has 1 saturated carbocycles. The van der Waals surface area contributed by atoms with E-state index in [0.29, 0.717) is 6.04 Å². The van der Waals surface area contributed by atoms with E-state index in [9.17, 15) is 0 Å². The van der Waals surface area contributed by atoms with Gasteiger partial charge in [-0.2, -0.15) is 0 Å². The van der Waals surface area contributed by atoms with E-state index in [4.69, 9.17) is 0 Å². The molecule has 3 atom stereocenters. The molecule has 1 nitrogen and oxygen atoms in total. The highest BCUT2D eigenvalue weighted by molar-refractivity contribution is 14.1. The summed E-state index contributed by atoms with van der Waals surface area (Å²) in [5.41, 5.74) is 1.51. The first-order chi connectivity index (χ1) is 9.54. The Bertz CT molecular complexity index is 398. The number of rotatable bonds is 5. The predicted molar refractivity (Wildman–Crippen MR) is 96.0 cm³/mol. The van der Waals surface area contributed by atoms with Gasteiger partial charge < -0.3 is 5.32 Å². The number of hydrogen-bond acceptors (Lipinski definition) is 1. The molecule has 0 aliphatic heterocycles. The molecule has 1 aliphatic carbocycles. The summed E-state index contributed by atoms with van der Waals surface area (Å²) in [6, 6.07) is 9.71. The zero-order valence-electron chi connectivity index (χ0n) is 13.0. The minimum absolute atomic E-state index is 0.605. The van der Waals surface area contributed by atoms with Gasteiger partial charge in [-0.1, -0.05) is 39.3 Å². The summed E-state index contributed by atoms with van der Waals surface area (Å²) in [4.78, 5) is 0. The van der Waals surface area contributed by atoms with Crippen LogP contribution in [0.2, 0.25) is 0 Å². The summed E-state index contributed by atoms with van der Waals surface area (Å²) in [7, 11) is 0. The lowest BCUT2D eigenvalue weighted by Gasteiger charge is -2.35. The molecule has 3 unspecified atom stereocenters. The minimum atomic E-state index is 0.605. The molecule has 0 bridgehead atoms. The number of nitrogens with one attached hydrogen (secondary N) is 1. The molecule has 0 heterocycles. The van der Waals surface area contributed by atoms with Gasteiger partial charge in [-0.3, -0.25) is 0 Å².